The number of hydrogen-bond acceptors (Lipinski definition) is 5. The average molecular weight is 486 g/mol. The van der Waals surface area contributed by atoms with E-state index in [9.17, 15) is 13.2 Å². The summed E-state index contributed by atoms with van der Waals surface area (Å²) in [5.41, 5.74) is 5.01. The zero-order valence-corrected chi connectivity index (χ0v) is 20.7. The first-order valence-corrected chi connectivity index (χ1v) is 13.2. The third-order valence-corrected chi connectivity index (χ3v) is 8.98. The van der Waals surface area contributed by atoms with Gasteiger partial charge >= 0.3 is 0 Å². The Morgan fingerprint density at radius 3 is 2.59 bits per heavy atom. The largest absolute Gasteiger partial charge is 0.379 e. The highest BCUT2D eigenvalue weighted by molar-refractivity contribution is 7.89. The van der Waals surface area contributed by atoms with Crippen molar-refractivity contribution in [1.82, 2.24) is 8.87 Å². The minimum absolute atomic E-state index is 0.139. The van der Waals surface area contributed by atoms with E-state index in [-0.39, 0.29) is 16.9 Å². The van der Waals surface area contributed by atoms with Gasteiger partial charge in [-0.3, -0.25) is 4.79 Å². The van der Waals surface area contributed by atoms with Crippen molar-refractivity contribution in [2.24, 2.45) is 0 Å². The van der Waals surface area contributed by atoms with E-state index in [1.165, 1.54) is 4.31 Å². The fourth-order valence-electron chi connectivity index (χ4n) is 5.07. The highest BCUT2D eigenvalue weighted by Gasteiger charge is 2.33. The molecule has 2 fully saturated rings. The maximum Gasteiger partial charge on any atom is 0.258 e. The number of carbonyl (C=O) groups excluding carboxylic acids is 1. The van der Waals surface area contributed by atoms with E-state index in [1.54, 1.807) is 30.1 Å². The molecule has 34 heavy (non-hydrogen) atoms. The predicted octanol–water partition coefficient (Wildman–Crippen LogP) is 2.82. The molecule has 1 amide bonds. The molecule has 0 radical (unpaired) electrons. The SMILES string of the molecule is Cc1cc(/C=C2/C(=O)N(C)c3ccc(S(=O)(=O)N4CCOCC4)cc32)c(C)n1CC1CCCO1. The van der Waals surface area contributed by atoms with E-state index in [4.69, 9.17) is 9.47 Å². The van der Waals surface area contributed by atoms with Crippen molar-refractivity contribution in [3.63, 3.8) is 0 Å². The lowest BCUT2D eigenvalue weighted by Gasteiger charge is -2.26. The molecule has 8 nitrogen and oxygen atoms in total. The van der Waals surface area contributed by atoms with Crippen LogP contribution in [0.25, 0.3) is 11.6 Å². The lowest BCUT2D eigenvalue weighted by molar-refractivity contribution is -0.112. The monoisotopic (exact) mass is 485 g/mol. The summed E-state index contributed by atoms with van der Waals surface area (Å²) >= 11 is 0. The second kappa shape index (κ2) is 8.96. The van der Waals surface area contributed by atoms with E-state index in [0.717, 1.165) is 42.9 Å². The maximum atomic E-state index is 13.2. The number of rotatable bonds is 5. The number of fused-ring (bicyclic) bond motifs is 1. The standard InChI is InChI=1S/C25H31N3O5S/c1-17-13-19(18(2)28(17)16-20-5-4-10-33-20)14-23-22-15-21(6-7-24(22)26(3)25(23)29)34(30,31)27-8-11-32-12-9-27/h6-7,13-15,20H,4-5,8-12,16H2,1-3H3/b23-14+. The summed E-state index contributed by atoms with van der Waals surface area (Å²) < 4.78 is 41.2. The topological polar surface area (TPSA) is 81.1 Å². The van der Waals surface area contributed by atoms with Crippen LogP contribution in [0.4, 0.5) is 5.69 Å². The number of amides is 1. The molecule has 3 aliphatic rings. The van der Waals surface area contributed by atoms with Crippen LogP contribution in [0.3, 0.4) is 0 Å². The van der Waals surface area contributed by atoms with Gasteiger partial charge in [-0.1, -0.05) is 0 Å². The normalized spacial score (nSPS) is 22.7. The van der Waals surface area contributed by atoms with E-state index < -0.39 is 10.0 Å². The number of likely N-dealkylation sites (N-methyl/N-ethyl adjacent to an activating group) is 1. The van der Waals surface area contributed by atoms with E-state index in [2.05, 4.69) is 24.5 Å². The number of nitrogens with zero attached hydrogens (tertiary/aromatic N) is 3. The first-order valence-electron chi connectivity index (χ1n) is 11.8. The number of benzene rings is 1. The van der Waals surface area contributed by atoms with Gasteiger partial charge < -0.3 is 18.9 Å². The van der Waals surface area contributed by atoms with Crippen molar-refractivity contribution in [3.8, 4) is 0 Å². The molecule has 2 aromatic rings. The van der Waals surface area contributed by atoms with Gasteiger partial charge in [0.25, 0.3) is 5.91 Å². The van der Waals surface area contributed by atoms with Gasteiger partial charge in [-0.2, -0.15) is 4.31 Å². The first kappa shape index (κ1) is 23.3. The molecular formula is C25H31N3O5S. The van der Waals surface area contributed by atoms with Gasteiger partial charge in [0.15, 0.2) is 0 Å². The summed E-state index contributed by atoms with van der Waals surface area (Å²) in [5, 5.41) is 0. The molecule has 0 N–H and O–H groups in total. The number of aromatic nitrogens is 1. The summed E-state index contributed by atoms with van der Waals surface area (Å²) in [4.78, 5) is 14.9. The summed E-state index contributed by atoms with van der Waals surface area (Å²) in [7, 11) is -1.94. The molecule has 5 rings (SSSR count). The Labute approximate surface area is 200 Å². The van der Waals surface area contributed by atoms with E-state index in [0.29, 0.717) is 43.1 Å². The van der Waals surface area contributed by atoms with Crippen LogP contribution in [0.15, 0.2) is 29.2 Å². The molecule has 0 saturated carbocycles. The number of anilines is 1. The van der Waals surface area contributed by atoms with E-state index in [1.807, 2.05) is 6.08 Å². The van der Waals surface area contributed by atoms with Crippen LogP contribution in [-0.4, -0.2) is 69.3 Å². The zero-order chi connectivity index (χ0) is 24.0. The highest BCUT2D eigenvalue weighted by atomic mass is 32.2. The van der Waals surface area contributed by atoms with Gasteiger partial charge in [-0.25, -0.2) is 8.42 Å². The molecule has 0 bridgehead atoms. The van der Waals surface area contributed by atoms with E-state index >= 15 is 0 Å². The molecule has 0 aliphatic carbocycles. The van der Waals surface area contributed by atoms with Crippen molar-refractivity contribution in [1.29, 1.82) is 0 Å². The van der Waals surface area contributed by atoms with Gasteiger partial charge in [0.05, 0.1) is 29.9 Å². The van der Waals surface area contributed by atoms with Crippen LogP contribution in [0.2, 0.25) is 0 Å². The molecule has 3 aliphatic heterocycles. The molecule has 2 saturated heterocycles. The highest BCUT2D eigenvalue weighted by Crippen LogP contribution is 2.39. The minimum Gasteiger partial charge on any atom is -0.379 e. The molecule has 1 aromatic heterocycles. The summed E-state index contributed by atoms with van der Waals surface area (Å²) in [6.45, 7) is 7.16. The summed E-state index contributed by atoms with van der Waals surface area (Å²) in [6, 6.07) is 7.03. The Hall–Kier alpha value is -2.46. The molecule has 4 heterocycles. The second-order valence-electron chi connectivity index (χ2n) is 9.19. The minimum atomic E-state index is -3.66. The Morgan fingerprint density at radius 1 is 1.12 bits per heavy atom. The van der Waals surface area contributed by atoms with Gasteiger partial charge in [-0.05, 0) is 62.6 Å². The van der Waals surface area contributed by atoms with Crippen LogP contribution in [-0.2, 0) is 30.8 Å². The van der Waals surface area contributed by atoms with Crippen LogP contribution in [0.1, 0.15) is 35.4 Å². The number of ether oxygens (including phenoxy) is 2. The Balaban J connectivity index is 1.52. The third kappa shape index (κ3) is 4.00. The van der Waals surface area contributed by atoms with Crippen LogP contribution < -0.4 is 4.90 Å². The molecular weight excluding hydrogens is 454 g/mol. The second-order valence-corrected chi connectivity index (χ2v) is 11.1. The fraction of sp³-hybridized carbons (Fsp3) is 0.480. The Morgan fingerprint density at radius 2 is 1.88 bits per heavy atom. The molecule has 1 aromatic carbocycles. The average Bonchev–Trinajstić information content (AvgIpc) is 3.51. The molecule has 1 unspecified atom stereocenters. The fourth-order valence-corrected chi connectivity index (χ4v) is 6.50. The van der Waals surface area contributed by atoms with Crippen LogP contribution >= 0.6 is 0 Å². The Bertz CT molecular complexity index is 1250. The number of sulfonamides is 1. The predicted molar refractivity (Wildman–Crippen MR) is 130 cm³/mol. The number of hydrogen-bond donors (Lipinski definition) is 0. The van der Waals surface area contributed by atoms with Crippen molar-refractivity contribution in [2.45, 2.75) is 44.2 Å². The lowest BCUT2D eigenvalue weighted by Crippen LogP contribution is -2.40. The maximum absolute atomic E-state index is 13.2. The van der Waals surface area contributed by atoms with Crippen molar-refractivity contribution in [2.75, 3.05) is 44.9 Å². The Kier molecular flexibility index (Phi) is 6.14. The zero-order valence-electron chi connectivity index (χ0n) is 19.9. The number of aryl methyl sites for hydroxylation is 1. The van der Waals surface area contributed by atoms with Crippen molar-refractivity contribution < 1.29 is 22.7 Å². The summed E-state index contributed by atoms with van der Waals surface area (Å²) in [5.74, 6) is -0.139. The van der Waals surface area contributed by atoms with Crippen LogP contribution in [0.5, 0.6) is 0 Å². The van der Waals surface area contributed by atoms with Crippen molar-refractivity contribution >= 4 is 33.3 Å². The van der Waals surface area contributed by atoms with Gasteiger partial charge in [0.1, 0.15) is 0 Å². The third-order valence-electron chi connectivity index (χ3n) is 7.09. The smallest absolute Gasteiger partial charge is 0.258 e. The lowest BCUT2D eigenvalue weighted by atomic mass is 10.0. The number of carbonyl (C=O) groups is 1. The van der Waals surface area contributed by atoms with Gasteiger partial charge in [-0.15, -0.1) is 0 Å². The number of morpholine rings is 1. The molecule has 9 heteroatoms. The summed E-state index contributed by atoms with van der Waals surface area (Å²) in [6.07, 6.45) is 4.27. The molecule has 1 atom stereocenters. The van der Waals surface area contributed by atoms with Gasteiger partial charge in [0.2, 0.25) is 10.0 Å². The first-order chi connectivity index (χ1) is 16.3. The van der Waals surface area contributed by atoms with Crippen LogP contribution in [0, 0.1) is 13.8 Å². The van der Waals surface area contributed by atoms with Gasteiger partial charge in [0, 0.05) is 55.8 Å². The molecule has 0 spiro atoms. The van der Waals surface area contributed by atoms with Crippen molar-refractivity contribution in [3.05, 3.63) is 46.8 Å². The quantitative estimate of drug-likeness (QED) is 0.609. The molecule has 182 valence electrons.